The molecule has 0 aliphatic carbocycles. The van der Waals surface area contributed by atoms with Gasteiger partial charge in [-0.3, -0.25) is 14.9 Å². The number of carbonyl (C=O) groups excluding carboxylic acids is 1. The van der Waals surface area contributed by atoms with E-state index in [1.807, 2.05) is 0 Å². The Hall–Kier alpha value is -3.14. The van der Waals surface area contributed by atoms with Gasteiger partial charge >= 0.3 is 0 Å². The maximum atomic E-state index is 12.0. The molecule has 0 radical (unpaired) electrons. The molecule has 0 saturated heterocycles. The molecule has 0 aliphatic heterocycles. The van der Waals surface area contributed by atoms with Gasteiger partial charge in [-0.1, -0.05) is 0 Å². The van der Waals surface area contributed by atoms with Crippen LogP contribution in [0.25, 0.3) is 0 Å². The smallest absolute Gasteiger partial charge is 0.275 e. The van der Waals surface area contributed by atoms with Crippen LogP contribution in [0.4, 0.5) is 5.69 Å². The van der Waals surface area contributed by atoms with Gasteiger partial charge in [0.05, 0.1) is 27.8 Å². The van der Waals surface area contributed by atoms with E-state index < -0.39 is 16.6 Å². The lowest BCUT2D eigenvalue weighted by atomic mass is 10.1. The van der Waals surface area contributed by atoms with E-state index in [4.69, 9.17) is 4.74 Å². The Bertz CT molecular complexity index is 885. The maximum Gasteiger partial charge on any atom is 0.275 e. The van der Waals surface area contributed by atoms with Crippen LogP contribution in [0.3, 0.4) is 0 Å². The molecule has 136 valence electrons. The summed E-state index contributed by atoms with van der Waals surface area (Å²) in [6.45, 7) is 2.11. The predicted octanol–water partition coefficient (Wildman–Crippen LogP) is 2.93. The number of carbonyl (C=O) groups is 1. The fraction of sp³-hybridized carbons (Fsp3) is 0.125. The fourth-order valence-electron chi connectivity index (χ4n) is 1.98. The lowest BCUT2D eigenvalue weighted by Gasteiger charge is -2.08. The van der Waals surface area contributed by atoms with Crippen LogP contribution in [0.2, 0.25) is 0 Å². The summed E-state index contributed by atoms with van der Waals surface area (Å²) in [5, 5.41) is 34.0. The van der Waals surface area contributed by atoms with Gasteiger partial charge < -0.3 is 14.9 Å². The number of amides is 1. The fourth-order valence-corrected chi connectivity index (χ4v) is 2.44. The second kappa shape index (κ2) is 8.30. The third-order valence-electron chi connectivity index (χ3n) is 3.17. The highest BCUT2D eigenvalue weighted by Gasteiger charge is 2.16. The summed E-state index contributed by atoms with van der Waals surface area (Å²) in [5.41, 5.74) is 2.07. The number of ether oxygens (including phenoxy) is 1. The normalized spacial score (nSPS) is 10.7. The number of nitrogens with one attached hydrogen (secondary N) is 1. The monoisotopic (exact) mass is 423 g/mol. The average molecular weight is 424 g/mol. The zero-order valence-electron chi connectivity index (χ0n) is 13.5. The SMILES string of the molecule is CCOc1cc(/C=N\NC(=O)c2cc([N+](=O)[O-])ccc2O)cc(Br)c1O. The van der Waals surface area contributed by atoms with Crippen molar-refractivity contribution < 1.29 is 24.7 Å². The first-order chi connectivity index (χ1) is 12.3. The number of hydrogen-bond acceptors (Lipinski definition) is 7. The summed E-state index contributed by atoms with van der Waals surface area (Å²) < 4.78 is 5.66. The molecule has 0 bridgehead atoms. The number of benzene rings is 2. The van der Waals surface area contributed by atoms with Crippen LogP contribution in [0.1, 0.15) is 22.8 Å². The molecule has 10 heteroatoms. The van der Waals surface area contributed by atoms with E-state index in [9.17, 15) is 25.1 Å². The molecule has 0 fully saturated rings. The van der Waals surface area contributed by atoms with E-state index >= 15 is 0 Å². The number of phenolic OH excluding ortho intramolecular Hbond substituents is 2. The Morgan fingerprint density at radius 2 is 2.12 bits per heavy atom. The number of halogens is 1. The number of nitro groups is 1. The first kappa shape index (κ1) is 19.2. The minimum atomic E-state index is -0.815. The molecule has 2 aromatic carbocycles. The number of aromatic hydroxyl groups is 2. The topological polar surface area (TPSA) is 134 Å². The summed E-state index contributed by atoms with van der Waals surface area (Å²) in [5.74, 6) is -1.04. The molecule has 0 spiro atoms. The van der Waals surface area contributed by atoms with Crippen molar-refractivity contribution in [2.75, 3.05) is 6.61 Å². The zero-order valence-corrected chi connectivity index (χ0v) is 15.1. The molecule has 0 heterocycles. The maximum absolute atomic E-state index is 12.0. The average Bonchev–Trinajstić information content (AvgIpc) is 2.59. The third kappa shape index (κ3) is 4.48. The van der Waals surface area contributed by atoms with Crippen LogP contribution in [0, 0.1) is 10.1 Å². The number of non-ortho nitro benzene ring substituents is 1. The van der Waals surface area contributed by atoms with Crippen LogP contribution in [0.15, 0.2) is 39.9 Å². The number of rotatable bonds is 6. The standard InChI is InChI=1S/C16H14BrN3O6/c1-2-26-14-6-9(5-12(17)15(14)22)8-18-19-16(23)11-7-10(20(24)25)3-4-13(11)21/h3-8,21-22H,2H2,1H3,(H,19,23)/b18-8-. The molecule has 1 amide bonds. The number of hydrogen-bond donors (Lipinski definition) is 3. The van der Waals surface area contributed by atoms with Gasteiger partial charge in [0.15, 0.2) is 11.5 Å². The van der Waals surface area contributed by atoms with Crippen molar-refractivity contribution in [3.05, 3.63) is 56.0 Å². The molecule has 0 saturated carbocycles. The summed E-state index contributed by atoms with van der Waals surface area (Å²) in [6.07, 6.45) is 1.29. The van der Waals surface area contributed by atoms with Gasteiger partial charge in [-0.05, 0) is 46.6 Å². The lowest BCUT2D eigenvalue weighted by Crippen LogP contribution is -2.18. The Balaban J connectivity index is 2.17. The quantitative estimate of drug-likeness (QED) is 0.371. The summed E-state index contributed by atoms with van der Waals surface area (Å²) in [4.78, 5) is 22.1. The van der Waals surface area contributed by atoms with E-state index in [1.54, 1.807) is 13.0 Å². The number of hydrazone groups is 1. The van der Waals surface area contributed by atoms with E-state index in [0.717, 1.165) is 18.2 Å². The van der Waals surface area contributed by atoms with E-state index in [0.29, 0.717) is 16.6 Å². The van der Waals surface area contributed by atoms with Crippen LogP contribution >= 0.6 is 15.9 Å². The molecule has 2 aromatic rings. The van der Waals surface area contributed by atoms with Gasteiger partial charge in [-0.2, -0.15) is 5.10 Å². The van der Waals surface area contributed by atoms with Crippen molar-refractivity contribution in [2.24, 2.45) is 5.10 Å². The Kier molecular flexibility index (Phi) is 6.12. The van der Waals surface area contributed by atoms with Gasteiger partial charge in [0.25, 0.3) is 11.6 Å². The van der Waals surface area contributed by atoms with E-state index in [-0.39, 0.29) is 22.7 Å². The van der Waals surface area contributed by atoms with Crippen molar-refractivity contribution in [2.45, 2.75) is 6.92 Å². The second-order valence-corrected chi connectivity index (χ2v) is 5.79. The molecule has 26 heavy (non-hydrogen) atoms. The van der Waals surface area contributed by atoms with Crippen molar-refractivity contribution in [1.82, 2.24) is 5.43 Å². The minimum absolute atomic E-state index is 0.0606. The molecule has 0 unspecified atom stereocenters. The lowest BCUT2D eigenvalue weighted by molar-refractivity contribution is -0.384. The van der Waals surface area contributed by atoms with Crippen molar-refractivity contribution in [1.29, 1.82) is 0 Å². The van der Waals surface area contributed by atoms with Gasteiger partial charge in [-0.25, -0.2) is 5.43 Å². The number of phenols is 2. The molecule has 2 rings (SSSR count). The molecular weight excluding hydrogens is 410 g/mol. The highest BCUT2D eigenvalue weighted by Crippen LogP contribution is 2.35. The largest absolute Gasteiger partial charge is 0.507 e. The Labute approximate surface area is 156 Å². The highest BCUT2D eigenvalue weighted by molar-refractivity contribution is 9.10. The molecule has 0 atom stereocenters. The first-order valence-electron chi connectivity index (χ1n) is 7.29. The van der Waals surface area contributed by atoms with Crippen LogP contribution < -0.4 is 10.2 Å². The van der Waals surface area contributed by atoms with Gasteiger partial charge in [0, 0.05) is 12.1 Å². The van der Waals surface area contributed by atoms with Crippen molar-refractivity contribution >= 4 is 33.7 Å². The summed E-state index contributed by atoms with van der Waals surface area (Å²) in [7, 11) is 0. The minimum Gasteiger partial charge on any atom is -0.507 e. The second-order valence-electron chi connectivity index (χ2n) is 4.94. The molecular formula is C16H14BrN3O6. The molecule has 0 aliphatic rings. The van der Waals surface area contributed by atoms with Gasteiger partial charge in [0.2, 0.25) is 0 Å². The zero-order chi connectivity index (χ0) is 19.3. The van der Waals surface area contributed by atoms with E-state index in [2.05, 4.69) is 26.5 Å². The van der Waals surface area contributed by atoms with Crippen LogP contribution in [-0.4, -0.2) is 33.9 Å². The Morgan fingerprint density at radius 1 is 1.38 bits per heavy atom. The van der Waals surface area contributed by atoms with Crippen LogP contribution in [0.5, 0.6) is 17.2 Å². The highest BCUT2D eigenvalue weighted by atomic mass is 79.9. The molecule has 3 N–H and O–H groups in total. The van der Waals surface area contributed by atoms with Crippen molar-refractivity contribution in [3.63, 3.8) is 0 Å². The first-order valence-corrected chi connectivity index (χ1v) is 8.09. The van der Waals surface area contributed by atoms with Crippen LogP contribution in [-0.2, 0) is 0 Å². The van der Waals surface area contributed by atoms with Gasteiger partial charge in [-0.15, -0.1) is 0 Å². The van der Waals surface area contributed by atoms with E-state index in [1.165, 1.54) is 12.3 Å². The Morgan fingerprint density at radius 3 is 2.77 bits per heavy atom. The molecule has 9 nitrogen and oxygen atoms in total. The third-order valence-corrected chi connectivity index (χ3v) is 3.77. The summed E-state index contributed by atoms with van der Waals surface area (Å²) in [6, 6.07) is 6.16. The summed E-state index contributed by atoms with van der Waals surface area (Å²) >= 11 is 3.18. The van der Waals surface area contributed by atoms with Crippen molar-refractivity contribution in [3.8, 4) is 17.2 Å². The predicted molar refractivity (Wildman–Crippen MR) is 96.8 cm³/mol. The number of nitro benzene ring substituents is 1. The van der Waals surface area contributed by atoms with Gasteiger partial charge in [0.1, 0.15) is 5.75 Å². The molecule has 0 aromatic heterocycles. The number of nitrogens with zero attached hydrogens (tertiary/aromatic N) is 2.